The molecule has 1 amide bonds. The van der Waals surface area contributed by atoms with E-state index in [2.05, 4.69) is 42.1 Å². The molecule has 0 aliphatic carbocycles. The molecule has 1 saturated heterocycles. The summed E-state index contributed by atoms with van der Waals surface area (Å²) in [5.74, 6) is 0.278. The van der Waals surface area contributed by atoms with Crippen LogP contribution in [0.5, 0.6) is 0 Å². The summed E-state index contributed by atoms with van der Waals surface area (Å²) in [6.45, 7) is 1.07. The van der Waals surface area contributed by atoms with Crippen LogP contribution in [0.3, 0.4) is 0 Å². The summed E-state index contributed by atoms with van der Waals surface area (Å²) in [5, 5.41) is 0. The maximum Gasteiger partial charge on any atom is 0.226 e. The van der Waals surface area contributed by atoms with Gasteiger partial charge in [-0.25, -0.2) is 0 Å². The van der Waals surface area contributed by atoms with Gasteiger partial charge >= 0.3 is 0 Å². The van der Waals surface area contributed by atoms with E-state index >= 15 is 0 Å². The first-order valence-corrected chi connectivity index (χ1v) is 15.5. The topological polar surface area (TPSA) is 20.3 Å². The Bertz CT molecular complexity index is 439. The Balaban J connectivity index is 1.87. The lowest BCUT2D eigenvalue weighted by molar-refractivity contribution is -0.119. The minimum atomic E-state index is 0.185. The monoisotopic (exact) mass is 363 g/mol. The Morgan fingerprint density at radius 1 is 1.25 bits per heavy atom. The molecule has 1 aliphatic rings. The first-order valence-electron chi connectivity index (χ1n) is 6.84. The van der Waals surface area contributed by atoms with E-state index in [0.29, 0.717) is 6.42 Å². The summed E-state index contributed by atoms with van der Waals surface area (Å²) >= 11 is 0. The molecule has 1 aromatic carbocycles. The predicted octanol–water partition coefficient (Wildman–Crippen LogP) is 5.00. The fraction of sp³-hybridized carbons (Fsp3) is 0.462. The van der Waals surface area contributed by atoms with Gasteiger partial charge in [-0.2, -0.15) is 0 Å². The number of hydrogen-bond donors (Lipinski definition) is 0. The van der Waals surface area contributed by atoms with Crippen LogP contribution in [-0.4, -0.2) is 18.6 Å². The molecule has 20 heavy (non-hydrogen) atoms. The average molecular weight is 363 g/mol. The molecule has 2 nitrogen and oxygen atoms in total. The van der Waals surface area contributed by atoms with Crippen LogP contribution >= 0.6 is 41.1 Å². The maximum absolute atomic E-state index is 11.9. The number of piperidine rings is 1. The van der Waals surface area contributed by atoms with Gasteiger partial charge in [-0.1, -0.05) is 28.4 Å². The number of nitrogens with zero attached hydrogens (tertiary/aromatic N) is 1. The van der Waals surface area contributed by atoms with Crippen LogP contribution in [0, 0.1) is 0 Å². The zero-order valence-electron chi connectivity index (χ0n) is 11.5. The van der Waals surface area contributed by atoms with Crippen molar-refractivity contribution in [3.63, 3.8) is 0 Å². The zero-order chi connectivity index (χ0) is 14.4. The van der Waals surface area contributed by atoms with E-state index < -0.39 is 0 Å². The smallest absolute Gasteiger partial charge is 0.226 e. The van der Waals surface area contributed by atoms with Crippen LogP contribution in [0.4, 0.5) is 5.69 Å². The largest absolute Gasteiger partial charge is 0.312 e. The van der Waals surface area contributed by atoms with E-state index in [1.54, 1.807) is 0 Å². The van der Waals surface area contributed by atoms with Crippen LogP contribution in [-0.2, 0) is 11.2 Å². The number of rotatable bonds is 6. The average Bonchev–Trinajstić information content (AvgIpc) is 2.48. The lowest BCUT2D eigenvalue weighted by atomic mass is 10.1. The molecule has 0 saturated carbocycles. The summed E-state index contributed by atoms with van der Waals surface area (Å²) in [7, 11) is 7.95. The van der Waals surface area contributed by atoms with Crippen LogP contribution in [0.2, 0.25) is 0 Å². The second-order valence-corrected chi connectivity index (χ2v) is 19.6. The minimum Gasteiger partial charge on any atom is -0.312 e. The Hall–Kier alpha value is 0.840. The van der Waals surface area contributed by atoms with Crippen molar-refractivity contribution in [2.24, 2.45) is 0 Å². The van der Waals surface area contributed by atoms with Crippen LogP contribution in [0.1, 0.15) is 24.8 Å². The van der Waals surface area contributed by atoms with Gasteiger partial charge in [0.2, 0.25) is 5.91 Å². The first kappa shape index (κ1) is 17.2. The molecular formula is C13H22NOP5. The normalized spacial score (nSPS) is 18.5. The van der Waals surface area contributed by atoms with Crippen molar-refractivity contribution in [2.75, 3.05) is 17.6 Å². The number of benzene rings is 1. The quantitative estimate of drug-likeness (QED) is 0.652. The third kappa shape index (κ3) is 5.24. The van der Waals surface area contributed by atoms with Crippen molar-refractivity contribution in [2.45, 2.75) is 25.7 Å². The van der Waals surface area contributed by atoms with Crippen molar-refractivity contribution in [1.82, 2.24) is 0 Å². The van der Waals surface area contributed by atoms with Gasteiger partial charge in [0.05, 0.1) is 0 Å². The third-order valence-corrected chi connectivity index (χ3v) is 20.1. The molecule has 1 fully saturated rings. The lowest BCUT2D eigenvalue weighted by Gasteiger charge is -2.26. The highest BCUT2D eigenvalue weighted by molar-refractivity contribution is 8.79. The number of anilines is 1. The SMILES string of the molecule is O=C1CCCCN1c1ccc(CCPP(P)PP)cc1. The highest BCUT2D eigenvalue weighted by atomic mass is 32.8. The van der Waals surface area contributed by atoms with Gasteiger partial charge in [0.1, 0.15) is 0 Å². The van der Waals surface area contributed by atoms with Gasteiger partial charge in [0, 0.05) is 18.7 Å². The van der Waals surface area contributed by atoms with E-state index in [-0.39, 0.29) is 12.9 Å². The molecule has 0 radical (unpaired) electrons. The standard InChI is InChI=1S/C13H22NOP5/c15-13-3-1-2-9-14(13)12-6-4-11(5-7-12)8-10-18-20(17)19-16/h4-7,18-19H,1-3,8-10,16-17H2. The molecule has 1 aromatic rings. The molecule has 1 heterocycles. The second-order valence-electron chi connectivity index (χ2n) is 4.83. The zero-order valence-corrected chi connectivity index (χ0v) is 16.7. The fourth-order valence-corrected chi connectivity index (χ4v) is 9.81. The molecule has 0 spiro atoms. The highest BCUT2D eigenvalue weighted by Gasteiger charge is 2.19. The van der Waals surface area contributed by atoms with Crippen molar-refractivity contribution < 1.29 is 4.79 Å². The molecule has 1 aliphatic heterocycles. The van der Waals surface area contributed by atoms with Gasteiger partial charge in [-0.05, 0) is 50.1 Å². The van der Waals surface area contributed by atoms with Crippen molar-refractivity contribution >= 4 is 52.7 Å². The van der Waals surface area contributed by atoms with Crippen molar-refractivity contribution in [3.8, 4) is 0 Å². The number of carbonyl (C=O) groups excluding carboxylic acids is 1. The van der Waals surface area contributed by atoms with E-state index in [1.165, 1.54) is 11.7 Å². The minimum absolute atomic E-state index is 0.185. The lowest BCUT2D eigenvalue weighted by Crippen LogP contribution is -2.35. The van der Waals surface area contributed by atoms with E-state index in [0.717, 1.165) is 47.7 Å². The number of aryl methyl sites for hydroxylation is 1. The first-order chi connectivity index (χ1) is 9.70. The van der Waals surface area contributed by atoms with Crippen molar-refractivity contribution in [1.29, 1.82) is 0 Å². The van der Waals surface area contributed by atoms with Crippen LogP contribution in [0.25, 0.3) is 0 Å². The Morgan fingerprint density at radius 2 is 2.00 bits per heavy atom. The van der Waals surface area contributed by atoms with Crippen LogP contribution < -0.4 is 4.90 Å². The van der Waals surface area contributed by atoms with Crippen LogP contribution in [0.15, 0.2) is 24.3 Å². The molecule has 5 unspecified atom stereocenters. The van der Waals surface area contributed by atoms with Crippen molar-refractivity contribution in [3.05, 3.63) is 29.8 Å². The van der Waals surface area contributed by atoms with E-state index in [9.17, 15) is 4.79 Å². The summed E-state index contributed by atoms with van der Waals surface area (Å²) in [5.41, 5.74) is 2.46. The molecular weight excluding hydrogens is 341 g/mol. The summed E-state index contributed by atoms with van der Waals surface area (Å²) in [4.78, 5) is 13.8. The Morgan fingerprint density at radius 3 is 2.65 bits per heavy atom. The summed E-state index contributed by atoms with van der Waals surface area (Å²) in [6, 6.07) is 8.61. The summed E-state index contributed by atoms with van der Waals surface area (Å²) < 4.78 is 0. The van der Waals surface area contributed by atoms with Gasteiger partial charge in [0.15, 0.2) is 0 Å². The molecule has 110 valence electrons. The number of amides is 1. The molecule has 5 atom stereocenters. The van der Waals surface area contributed by atoms with Gasteiger partial charge < -0.3 is 4.90 Å². The van der Waals surface area contributed by atoms with E-state index in [4.69, 9.17) is 0 Å². The molecule has 2 rings (SSSR count). The molecule has 0 N–H and O–H groups in total. The fourth-order valence-electron chi connectivity index (χ4n) is 2.29. The van der Waals surface area contributed by atoms with Gasteiger partial charge in [-0.15, -0.1) is 17.9 Å². The maximum atomic E-state index is 11.9. The van der Waals surface area contributed by atoms with Gasteiger partial charge in [0.25, 0.3) is 0 Å². The highest BCUT2D eigenvalue weighted by Crippen LogP contribution is 2.77. The second kappa shape index (κ2) is 9.09. The molecule has 0 aromatic heterocycles. The van der Waals surface area contributed by atoms with Gasteiger partial charge in [-0.3, -0.25) is 4.79 Å². The predicted molar refractivity (Wildman–Crippen MR) is 104 cm³/mol. The van der Waals surface area contributed by atoms with E-state index in [1.807, 2.05) is 4.90 Å². The third-order valence-electron chi connectivity index (χ3n) is 3.41. The summed E-state index contributed by atoms with van der Waals surface area (Å²) in [6.07, 6.45) is 5.33. The number of hydrogen-bond acceptors (Lipinski definition) is 1. The Labute approximate surface area is 130 Å². The molecule has 7 heteroatoms. The number of carbonyl (C=O) groups is 1. The molecule has 0 bridgehead atoms. The Kier molecular flexibility index (Phi) is 7.81.